The van der Waals surface area contributed by atoms with Gasteiger partial charge in [0.25, 0.3) is 0 Å². The van der Waals surface area contributed by atoms with Crippen molar-refractivity contribution in [1.82, 2.24) is 4.98 Å². The molecule has 1 aromatic heterocycles. The minimum atomic E-state index is -0.360. The summed E-state index contributed by atoms with van der Waals surface area (Å²) in [5, 5.41) is 1.92. The highest BCUT2D eigenvalue weighted by atomic mass is 16.5. The molecule has 0 radical (unpaired) electrons. The van der Waals surface area contributed by atoms with Crippen molar-refractivity contribution in [3.05, 3.63) is 42.2 Å². The second-order valence-corrected chi connectivity index (χ2v) is 4.28. The first-order valence-corrected chi connectivity index (χ1v) is 6.17. The molecule has 0 fully saturated rings. The van der Waals surface area contributed by atoms with E-state index < -0.39 is 0 Å². The Morgan fingerprint density at radius 1 is 1.39 bits per heavy atom. The van der Waals surface area contributed by atoms with Crippen LogP contribution in [0.5, 0.6) is 0 Å². The molecule has 1 unspecified atom stereocenters. The Morgan fingerprint density at radius 2 is 2.22 bits per heavy atom. The van der Waals surface area contributed by atoms with E-state index in [0.717, 1.165) is 23.6 Å². The van der Waals surface area contributed by atoms with Crippen LogP contribution in [0, 0.1) is 0 Å². The standard InChI is InChI=1S/C15H17NO2/c1-3-5-14(18-2)15(17)12-7-4-6-11-8-9-16-10-13(11)12/h4,6-10,14H,3,5H2,1-2H3. The van der Waals surface area contributed by atoms with Gasteiger partial charge in [-0.2, -0.15) is 0 Å². The number of benzene rings is 1. The highest BCUT2D eigenvalue weighted by Crippen LogP contribution is 2.20. The van der Waals surface area contributed by atoms with Crippen molar-refractivity contribution in [2.45, 2.75) is 25.9 Å². The molecular formula is C15H17NO2. The van der Waals surface area contributed by atoms with E-state index in [1.807, 2.05) is 31.2 Å². The number of hydrogen-bond acceptors (Lipinski definition) is 3. The summed E-state index contributed by atoms with van der Waals surface area (Å²) in [6, 6.07) is 7.63. The normalized spacial score (nSPS) is 12.6. The van der Waals surface area contributed by atoms with Crippen molar-refractivity contribution < 1.29 is 9.53 Å². The summed E-state index contributed by atoms with van der Waals surface area (Å²) in [4.78, 5) is 16.5. The summed E-state index contributed by atoms with van der Waals surface area (Å²) in [7, 11) is 1.58. The van der Waals surface area contributed by atoms with Crippen molar-refractivity contribution in [1.29, 1.82) is 0 Å². The number of fused-ring (bicyclic) bond motifs is 1. The number of Topliss-reactive ketones (excluding diaryl/α,β-unsaturated/α-hetero) is 1. The van der Waals surface area contributed by atoms with Crippen LogP contribution in [0.3, 0.4) is 0 Å². The molecule has 1 atom stereocenters. The van der Waals surface area contributed by atoms with E-state index in [-0.39, 0.29) is 11.9 Å². The summed E-state index contributed by atoms with van der Waals surface area (Å²) in [6.45, 7) is 2.05. The van der Waals surface area contributed by atoms with Gasteiger partial charge in [0.2, 0.25) is 0 Å². The minimum Gasteiger partial charge on any atom is -0.373 e. The van der Waals surface area contributed by atoms with E-state index in [0.29, 0.717) is 5.56 Å². The Labute approximate surface area is 107 Å². The lowest BCUT2D eigenvalue weighted by Gasteiger charge is -2.14. The average molecular weight is 243 g/mol. The van der Waals surface area contributed by atoms with Crippen LogP contribution < -0.4 is 0 Å². The van der Waals surface area contributed by atoms with Gasteiger partial charge in [-0.3, -0.25) is 9.78 Å². The molecular weight excluding hydrogens is 226 g/mol. The molecule has 0 saturated carbocycles. The number of carbonyl (C=O) groups is 1. The van der Waals surface area contributed by atoms with Crippen LogP contribution >= 0.6 is 0 Å². The average Bonchev–Trinajstić information content (AvgIpc) is 2.43. The van der Waals surface area contributed by atoms with E-state index in [1.165, 1.54) is 0 Å². The van der Waals surface area contributed by atoms with Gasteiger partial charge in [-0.1, -0.05) is 31.5 Å². The summed E-state index contributed by atoms with van der Waals surface area (Å²) in [5.74, 6) is 0.0398. The molecule has 0 saturated heterocycles. The molecule has 0 N–H and O–H groups in total. The molecule has 3 heteroatoms. The Morgan fingerprint density at radius 3 is 2.94 bits per heavy atom. The fourth-order valence-electron chi connectivity index (χ4n) is 2.12. The van der Waals surface area contributed by atoms with E-state index >= 15 is 0 Å². The van der Waals surface area contributed by atoms with Crippen LogP contribution in [-0.2, 0) is 4.74 Å². The molecule has 2 aromatic rings. The Bertz CT molecular complexity index is 546. The Kier molecular flexibility index (Phi) is 4.05. The first kappa shape index (κ1) is 12.7. The maximum atomic E-state index is 12.4. The van der Waals surface area contributed by atoms with Gasteiger partial charge in [0.05, 0.1) is 0 Å². The van der Waals surface area contributed by atoms with Crippen molar-refractivity contribution in [2.75, 3.05) is 7.11 Å². The number of rotatable bonds is 5. The van der Waals surface area contributed by atoms with Crippen LogP contribution in [0.2, 0.25) is 0 Å². The molecule has 0 spiro atoms. The van der Waals surface area contributed by atoms with Crippen LogP contribution in [0.1, 0.15) is 30.1 Å². The zero-order chi connectivity index (χ0) is 13.0. The summed E-state index contributed by atoms with van der Waals surface area (Å²) in [5.41, 5.74) is 0.695. The Hall–Kier alpha value is -1.74. The Balaban J connectivity index is 2.44. The second-order valence-electron chi connectivity index (χ2n) is 4.28. The lowest BCUT2D eigenvalue weighted by molar-refractivity contribution is 0.0580. The van der Waals surface area contributed by atoms with Crippen LogP contribution in [0.15, 0.2) is 36.7 Å². The molecule has 2 rings (SSSR count). The van der Waals surface area contributed by atoms with E-state index in [1.54, 1.807) is 19.5 Å². The van der Waals surface area contributed by atoms with E-state index in [9.17, 15) is 4.79 Å². The molecule has 1 aromatic carbocycles. The maximum Gasteiger partial charge on any atom is 0.192 e. The van der Waals surface area contributed by atoms with Gasteiger partial charge in [0.1, 0.15) is 6.10 Å². The van der Waals surface area contributed by atoms with Gasteiger partial charge in [0, 0.05) is 30.5 Å². The summed E-state index contributed by atoms with van der Waals surface area (Å²) >= 11 is 0. The SMILES string of the molecule is CCCC(OC)C(=O)c1cccc2ccncc12. The molecule has 18 heavy (non-hydrogen) atoms. The van der Waals surface area contributed by atoms with Gasteiger partial charge in [-0.05, 0) is 17.9 Å². The molecule has 94 valence electrons. The monoisotopic (exact) mass is 243 g/mol. The summed E-state index contributed by atoms with van der Waals surface area (Å²) in [6.07, 6.45) is 4.78. The van der Waals surface area contributed by atoms with Gasteiger partial charge in [-0.25, -0.2) is 0 Å². The van der Waals surface area contributed by atoms with Crippen molar-refractivity contribution in [2.24, 2.45) is 0 Å². The van der Waals surface area contributed by atoms with Gasteiger partial charge in [-0.15, -0.1) is 0 Å². The fraction of sp³-hybridized carbons (Fsp3) is 0.333. The zero-order valence-electron chi connectivity index (χ0n) is 10.7. The van der Waals surface area contributed by atoms with Crippen LogP contribution in [0.4, 0.5) is 0 Å². The predicted molar refractivity (Wildman–Crippen MR) is 71.8 cm³/mol. The van der Waals surface area contributed by atoms with E-state index in [2.05, 4.69) is 4.98 Å². The third-order valence-electron chi connectivity index (χ3n) is 3.08. The molecule has 0 amide bonds. The maximum absolute atomic E-state index is 12.4. The first-order chi connectivity index (χ1) is 8.77. The highest BCUT2D eigenvalue weighted by molar-refractivity contribution is 6.09. The lowest BCUT2D eigenvalue weighted by atomic mass is 9.98. The highest BCUT2D eigenvalue weighted by Gasteiger charge is 2.20. The largest absolute Gasteiger partial charge is 0.373 e. The second kappa shape index (κ2) is 5.74. The lowest BCUT2D eigenvalue weighted by Crippen LogP contribution is -2.23. The third kappa shape index (κ3) is 2.41. The third-order valence-corrected chi connectivity index (χ3v) is 3.08. The number of carbonyl (C=O) groups excluding carboxylic acids is 1. The number of methoxy groups -OCH3 is 1. The molecule has 0 aliphatic carbocycles. The number of aromatic nitrogens is 1. The van der Waals surface area contributed by atoms with Gasteiger partial charge >= 0.3 is 0 Å². The number of nitrogens with zero attached hydrogens (tertiary/aromatic N) is 1. The quantitative estimate of drug-likeness (QED) is 0.757. The molecule has 0 bridgehead atoms. The predicted octanol–water partition coefficient (Wildman–Crippen LogP) is 3.23. The zero-order valence-corrected chi connectivity index (χ0v) is 10.7. The smallest absolute Gasteiger partial charge is 0.192 e. The fourth-order valence-corrected chi connectivity index (χ4v) is 2.12. The number of ether oxygens (including phenoxy) is 1. The van der Waals surface area contributed by atoms with Gasteiger partial charge < -0.3 is 4.74 Å². The van der Waals surface area contributed by atoms with Crippen LogP contribution in [0.25, 0.3) is 10.8 Å². The number of ketones is 1. The molecule has 3 nitrogen and oxygen atoms in total. The molecule has 1 heterocycles. The van der Waals surface area contributed by atoms with Gasteiger partial charge in [0.15, 0.2) is 5.78 Å². The van der Waals surface area contributed by atoms with Crippen molar-refractivity contribution in [3.8, 4) is 0 Å². The van der Waals surface area contributed by atoms with E-state index in [4.69, 9.17) is 4.74 Å². The summed E-state index contributed by atoms with van der Waals surface area (Å²) < 4.78 is 5.29. The van der Waals surface area contributed by atoms with Crippen molar-refractivity contribution in [3.63, 3.8) is 0 Å². The molecule has 0 aliphatic rings. The number of pyridine rings is 1. The van der Waals surface area contributed by atoms with Crippen molar-refractivity contribution >= 4 is 16.6 Å². The minimum absolute atomic E-state index is 0.0398. The van der Waals surface area contributed by atoms with Crippen LogP contribution in [-0.4, -0.2) is 24.0 Å². The topological polar surface area (TPSA) is 39.2 Å². The molecule has 0 aliphatic heterocycles. The first-order valence-electron chi connectivity index (χ1n) is 6.17. The number of hydrogen-bond donors (Lipinski definition) is 0.